The first-order valence-electron chi connectivity index (χ1n) is 9.17. The lowest BCUT2D eigenvalue weighted by molar-refractivity contribution is 0.266. The van der Waals surface area contributed by atoms with Crippen LogP contribution < -0.4 is 5.56 Å². The molecule has 0 unspecified atom stereocenters. The number of hydrogen-bond acceptors (Lipinski definition) is 5. The van der Waals surface area contributed by atoms with Crippen molar-refractivity contribution in [3.63, 3.8) is 0 Å². The van der Waals surface area contributed by atoms with Gasteiger partial charge in [0.25, 0.3) is 5.56 Å². The lowest BCUT2D eigenvalue weighted by Crippen LogP contribution is -2.23. The normalized spacial score (nSPS) is 11.4. The highest BCUT2D eigenvalue weighted by Gasteiger charge is 2.12. The van der Waals surface area contributed by atoms with Crippen LogP contribution in [0.4, 0.5) is 0 Å². The molecule has 6 nitrogen and oxygen atoms in total. The molecule has 142 valence electrons. The first kappa shape index (κ1) is 18.1. The van der Waals surface area contributed by atoms with Crippen molar-refractivity contribution < 1.29 is 4.52 Å². The van der Waals surface area contributed by atoms with E-state index in [9.17, 15) is 4.79 Å². The van der Waals surface area contributed by atoms with Crippen LogP contribution in [0.1, 0.15) is 22.5 Å². The van der Waals surface area contributed by atoms with Crippen molar-refractivity contribution in [2.45, 2.75) is 26.9 Å². The molecule has 0 atom stereocenters. The number of nitrogens with zero attached hydrogens (tertiary/aromatic N) is 3. The van der Waals surface area contributed by atoms with Crippen LogP contribution in [-0.2, 0) is 13.1 Å². The van der Waals surface area contributed by atoms with Gasteiger partial charge < -0.3 is 9.51 Å². The van der Waals surface area contributed by atoms with Gasteiger partial charge in [-0.3, -0.25) is 14.7 Å². The summed E-state index contributed by atoms with van der Waals surface area (Å²) < 4.78 is 5.45. The summed E-state index contributed by atoms with van der Waals surface area (Å²) in [5.41, 5.74) is 5.51. The fourth-order valence-corrected chi connectivity index (χ4v) is 3.50. The highest BCUT2D eigenvalue weighted by atomic mass is 16.5. The summed E-state index contributed by atoms with van der Waals surface area (Å²) in [6.07, 6.45) is 3.48. The molecule has 0 fully saturated rings. The number of hydrogen-bond donors (Lipinski definition) is 1. The summed E-state index contributed by atoms with van der Waals surface area (Å²) in [4.78, 5) is 21.7. The van der Waals surface area contributed by atoms with E-state index in [0.29, 0.717) is 13.1 Å². The van der Waals surface area contributed by atoms with Crippen LogP contribution in [0.25, 0.3) is 22.2 Å². The second-order valence-corrected chi connectivity index (χ2v) is 7.26. The molecule has 0 saturated carbocycles. The number of aromatic amines is 1. The van der Waals surface area contributed by atoms with Crippen molar-refractivity contribution in [2.24, 2.45) is 0 Å². The van der Waals surface area contributed by atoms with E-state index in [2.05, 4.69) is 34.2 Å². The fourth-order valence-electron chi connectivity index (χ4n) is 3.50. The van der Waals surface area contributed by atoms with E-state index >= 15 is 0 Å². The molecule has 0 saturated heterocycles. The minimum Gasteiger partial charge on any atom is -0.359 e. The summed E-state index contributed by atoms with van der Waals surface area (Å²) in [6.45, 7) is 5.15. The Labute approximate surface area is 162 Å². The molecule has 6 heteroatoms. The van der Waals surface area contributed by atoms with Gasteiger partial charge in [-0.05, 0) is 56.1 Å². The number of aryl methyl sites for hydroxylation is 2. The molecule has 0 aliphatic rings. The molecule has 1 aromatic carbocycles. The number of H-pyrrole nitrogens is 1. The summed E-state index contributed by atoms with van der Waals surface area (Å²) in [6, 6.07) is 11.9. The quantitative estimate of drug-likeness (QED) is 0.575. The number of benzene rings is 1. The first-order valence-corrected chi connectivity index (χ1v) is 9.17. The van der Waals surface area contributed by atoms with Gasteiger partial charge in [-0.2, -0.15) is 0 Å². The minimum atomic E-state index is -0.0556. The van der Waals surface area contributed by atoms with Gasteiger partial charge in [-0.25, -0.2) is 0 Å². The van der Waals surface area contributed by atoms with Gasteiger partial charge in [0.15, 0.2) is 5.76 Å². The second-order valence-electron chi connectivity index (χ2n) is 7.26. The van der Waals surface area contributed by atoms with Gasteiger partial charge in [0.05, 0.1) is 12.1 Å². The maximum absolute atomic E-state index is 12.5. The monoisotopic (exact) mass is 374 g/mol. The molecule has 0 aliphatic carbocycles. The average Bonchev–Trinajstić information content (AvgIpc) is 3.12. The molecular weight excluding hydrogens is 352 g/mol. The van der Waals surface area contributed by atoms with E-state index in [-0.39, 0.29) is 5.56 Å². The number of nitrogens with one attached hydrogen (secondary N) is 1. The van der Waals surface area contributed by atoms with Crippen LogP contribution in [-0.4, -0.2) is 27.1 Å². The molecule has 0 bridgehead atoms. The van der Waals surface area contributed by atoms with Crippen LogP contribution in [0.2, 0.25) is 0 Å². The van der Waals surface area contributed by atoms with Gasteiger partial charge in [-0.15, -0.1) is 0 Å². The van der Waals surface area contributed by atoms with Crippen LogP contribution in [0.5, 0.6) is 0 Å². The van der Waals surface area contributed by atoms with Crippen LogP contribution in [0, 0.1) is 13.8 Å². The summed E-state index contributed by atoms with van der Waals surface area (Å²) in [7, 11) is 1.96. The molecule has 1 N–H and O–H groups in total. The Morgan fingerprint density at radius 3 is 2.79 bits per heavy atom. The SMILES string of the molecule is Cc1cc(C)c2[nH]c(=O)c(CN(C)Cc3cc(-c4cccnc4)no3)cc2c1. The van der Waals surface area contributed by atoms with Crippen molar-refractivity contribution >= 4 is 10.9 Å². The molecular formula is C22H22N4O2. The molecule has 0 aliphatic heterocycles. The molecule has 0 spiro atoms. The van der Waals surface area contributed by atoms with Gasteiger partial charge in [-0.1, -0.05) is 16.8 Å². The Kier molecular flexibility index (Phi) is 4.79. The van der Waals surface area contributed by atoms with Gasteiger partial charge in [0.2, 0.25) is 0 Å². The topological polar surface area (TPSA) is 75.0 Å². The maximum Gasteiger partial charge on any atom is 0.252 e. The third kappa shape index (κ3) is 3.73. The molecule has 0 radical (unpaired) electrons. The smallest absolute Gasteiger partial charge is 0.252 e. The third-order valence-electron chi connectivity index (χ3n) is 4.75. The minimum absolute atomic E-state index is 0.0556. The Balaban J connectivity index is 1.52. The second kappa shape index (κ2) is 7.40. The number of aromatic nitrogens is 3. The van der Waals surface area contributed by atoms with E-state index < -0.39 is 0 Å². The van der Waals surface area contributed by atoms with Crippen molar-refractivity contribution in [3.8, 4) is 11.3 Å². The van der Waals surface area contributed by atoms with Crippen molar-refractivity contribution in [2.75, 3.05) is 7.05 Å². The molecule has 3 aromatic heterocycles. The Morgan fingerprint density at radius 2 is 2.00 bits per heavy atom. The fraction of sp³-hybridized carbons (Fsp3) is 0.227. The van der Waals surface area contributed by atoms with Crippen LogP contribution >= 0.6 is 0 Å². The van der Waals surface area contributed by atoms with E-state index in [0.717, 1.165) is 39.0 Å². The van der Waals surface area contributed by atoms with Gasteiger partial charge in [0.1, 0.15) is 5.69 Å². The van der Waals surface area contributed by atoms with E-state index in [1.807, 2.05) is 43.1 Å². The zero-order valence-corrected chi connectivity index (χ0v) is 16.2. The summed E-state index contributed by atoms with van der Waals surface area (Å²) in [5.74, 6) is 0.741. The molecule has 4 rings (SSSR count). The Hall–Kier alpha value is -3.25. The first-order chi connectivity index (χ1) is 13.5. The van der Waals surface area contributed by atoms with E-state index in [4.69, 9.17) is 4.52 Å². The highest BCUT2D eigenvalue weighted by molar-refractivity contribution is 5.82. The summed E-state index contributed by atoms with van der Waals surface area (Å²) in [5, 5.41) is 5.17. The predicted octanol–water partition coefficient (Wildman–Crippen LogP) is 3.83. The Morgan fingerprint density at radius 1 is 1.14 bits per heavy atom. The lowest BCUT2D eigenvalue weighted by Gasteiger charge is -2.15. The molecule has 0 amide bonds. The van der Waals surface area contributed by atoms with E-state index in [1.165, 1.54) is 5.56 Å². The average molecular weight is 374 g/mol. The standard InChI is InChI=1S/C22H22N4O2/c1-14-7-15(2)21-17(8-14)9-18(22(27)24-21)12-26(3)13-19-10-20(25-28-19)16-5-4-6-23-11-16/h4-11H,12-13H2,1-3H3,(H,24,27). The third-order valence-corrected chi connectivity index (χ3v) is 4.75. The largest absolute Gasteiger partial charge is 0.359 e. The summed E-state index contributed by atoms with van der Waals surface area (Å²) >= 11 is 0. The lowest BCUT2D eigenvalue weighted by atomic mass is 10.1. The van der Waals surface area contributed by atoms with Gasteiger partial charge in [0, 0.05) is 36.1 Å². The van der Waals surface area contributed by atoms with E-state index in [1.54, 1.807) is 12.4 Å². The molecule has 3 heterocycles. The maximum atomic E-state index is 12.5. The van der Waals surface area contributed by atoms with Gasteiger partial charge >= 0.3 is 0 Å². The predicted molar refractivity (Wildman–Crippen MR) is 109 cm³/mol. The highest BCUT2D eigenvalue weighted by Crippen LogP contribution is 2.20. The Bertz CT molecular complexity index is 1180. The zero-order valence-electron chi connectivity index (χ0n) is 16.2. The number of rotatable bonds is 5. The van der Waals surface area contributed by atoms with Crippen molar-refractivity contribution in [3.05, 3.63) is 81.6 Å². The zero-order chi connectivity index (χ0) is 19.7. The van der Waals surface area contributed by atoms with Crippen molar-refractivity contribution in [1.29, 1.82) is 0 Å². The van der Waals surface area contributed by atoms with Crippen LogP contribution in [0.15, 0.2) is 58.1 Å². The van der Waals surface area contributed by atoms with Crippen molar-refractivity contribution in [1.82, 2.24) is 20.0 Å². The molecule has 4 aromatic rings. The molecule has 28 heavy (non-hydrogen) atoms. The van der Waals surface area contributed by atoms with Crippen LogP contribution in [0.3, 0.4) is 0 Å². The number of fused-ring (bicyclic) bond motifs is 1. The number of pyridine rings is 2.